The van der Waals surface area contributed by atoms with E-state index in [-0.39, 0.29) is 5.48 Å². The molecule has 5 nitrogen and oxygen atoms in total. The molecule has 0 unspecified atom stereocenters. The molecule has 3 aromatic heterocycles. The Hall–Kier alpha value is -2.27. The molecule has 0 aliphatic carbocycles. The number of nitrogens with zero attached hydrogens (tertiary/aromatic N) is 3. The third kappa shape index (κ3) is 1.64. The smallest absolute Gasteiger partial charge is 0.140 e. The molecule has 0 atom stereocenters. The number of imidazole rings is 1. The van der Waals surface area contributed by atoms with Crippen molar-refractivity contribution in [3.05, 3.63) is 43.0 Å². The zero-order valence-corrected chi connectivity index (χ0v) is 8.38. The van der Waals surface area contributed by atoms with Crippen LogP contribution >= 0.6 is 0 Å². The van der Waals surface area contributed by atoms with E-state index in [2.05, 4.69) is 19.9 Å². The van der Waals surface area contributed by atoms with E-state index in [1.54, 1.807) is 24.8 Å². The van der Waals surface area contributed by atoms with Crippen molar-refractivity contribution in [1.82, 2.24) is 19.9 Å². The van der Waals surface area contributed by atoms with Crippen LogP contribution in [0.25, 0.3) is 22.4 Å². The van der Waals surface area contributed by atoms with Crippen LogP contribution < -0.4 is 0 Å². The van der Waals surface area contributed by atoms with Crippen molar-refractivity contribution < 1.29 is 5.48 Å². The first-order chi connectivity index (χ1) is 7.43. The van der Waals surface area contributed by atoms with Gasteiger partial charge in [0.15, 0.2) is 0 Å². The number of pyridine rings is 2. The first-order valence-electron chi connectivity index (χ1n) is 4.63. The van der Waals surface area contributed by atoms with Gasteiger partial charge in [-0.3, -0.25) is 9.97 Å². The zero-order chi connectivity index (χ0) is 10.1. The Morgan fingerprint density at radius 1 is 1.00 bits per heavy atom. The maximum Gasteiger partial charge on any atom is 0.140 e. The van der Waals surface area contributed by atoms with Crippen LogP contribution in [0.3, 0.4) is 0 Å². The molecule has 80 valence electrons. The molecular formula is C11H10N4O. The lowest BCUT2D eigenvalue weighted by atomic mass is 10.3. The minimum atomic E-state index is 0. The number of nitrogens with one attached hydrogen (secondary N) is 1. The topological polar surface area (TPSA) is 86.0 Å². The van der Waals surface area contributed by atoms with Gasteiger partial charge in [0.25, 0.3) is 0 Å². The van der Waals surface area contributed by atoms with Crippen LogP contribution in [0.2, 0.25) is 0 Å². The van der Waals surface area contributed by atoms with Crippen molar-refractivity contribution in [2.24, 2.45) is 0 Å². The highest BCUT2D eigenvalue weighted by molar-refractivity contribution is 5.77. The molecule has 3 N–H and O–H groups in total. The van der Waals surface area contributed by atoms with Gasteiger partial charge in [-0.25, -0.2) is 4.98 Å². The third-order valence-corrected chi connectivity index (χ3v) is 2.22. The molecular weight excluding hydrogens is 204 g/mol. The summed E-state index contributed by atoms with van der Waals surface area (Å²) in [6, 6.07) is 5.74. The summed E-state index contributed by atoms with van der Waals surface area (Å²) in [6.07, 6.45) is 7.03. The maximum absolute atomic E-state index is 4.45. The predicted octanol–water partition coefficient (Wildman–Crippen LogP) is 1.20. The van der Waals surface area contributed by atoms with Gasteiger partial charge in [0, 0.05) is 24.2 Å². The normalized spacial score (nSPS) is 10.0. The van der Waals surface area contributed by atoms with Gasteiger partial charge in [-0.2, -0.15) is 0 Å². The maximum atomic E-state index is 4.45. The lowest BCUT2D eigenvalue weighted by Gasteiger charge is -1.92. The SMILES string of the molecule is O.c1cncc(-c2nc3ccncc3[nH]2)c1. The number of aromatic amines is 1. The molecule has 0 aliphatic heterocycles. The van der Waals surface area contributed by atoms with E-state index in [0.29, 0.717) is 0 Å². The Balaban J connectivity index is 0.000000963. The van der Waals surface area contributed by atoms with E-state index < -0.39 is 0 Å². The second-order valence-electron chi connectivity index (χ2n) is 3.22. The van der Waals surface area contributed by atoms with Gasteiger partial charge in [0.2, 0.25) is 0 Å². The second-order valence-corrected chi connectivity index (χ2v) is 3.22. The Morgan fingerprint density at radius 2 is 1.88 bits per heavy atom. The largest absolute Gasteiger partial charge is 0.412 e. The molecule has 3 rings (SSSR count). The minimum absolute atomic E-state index is 0. The van der Waals surface area contributed by atoms with E-state index in [0.717, 1.165) is 22.4 Å². The Kier molecular flexibility index (Phi) is 2.61. The summed E-state index contributed by atoms with van der Waals surface area (Å²) < 4.78 is 0. The Bertz CT molecular complexity index is 558. The number of aromatic nitrogens is 4. The number of fused-ring (bicyclic) bond motifs is 1. The van der Waals surface area contributed by atoms with Crippen LogP contribution in [0.5, 0.6) is 0 Å². The lowest BCUT2D eigenvalue weighted by molar-refractivity contribution is 0.824. The van der Waals surface area contributed by atoms with Gasteiger partial charge in [0.1, 0.15) is 5.82 Å². The number of hydrogen-bond acceptors (Lipinski definition) is 3. The highest BCUT2D eigenvalue weighted by Crippen LogP contribution is 2.17. The number of hydrogen-bond donors (Lipinski definition) is 1. The fourth-order valence-corrected chi connectivity index (χ4v) is 1.50. The van der Waals surface area contributed by atoms with Crippen LogP contribution in [-0.2, 0) is 0 Å². The fourth-order valence-electron chi connectivity index (χ4n) is 1.50. The van der Waals surface area contributed by atoms with Crippen molar-refractivity contribution in [2.75, 3.05) is 0 Å². The molecule has 0 radical (unpaired) electrons. The highest BCUT2D eigenvalue weighted by atomic mass is 16.0. The molecule has 3 aromatic rings. The lowest BCUT2D eigenvalue weighted by Crippen LogP contribution is -1.80. The summed E-state index contributed by atoms with van der Waals surface area (Å²) in [6.45, 7) is 0. The summed E-state index contributed by atoms with van der Waals surface area (Å²) >= 11 is 0. The van der Waals surface area contributed by atoms with Crippen molar-refractivity contribution in [2.45, 2.75) is 0 Å². The molecule has 0 aliphatic rings. The van der Waals surface area contributed by atoms with E-state index in [1.807, 2.05) is 18.2 Å². The molecule has 16 heavy (non-hydrogen) atoms. The molecule has 0 spiro atoms. The Morgan fingerprint density at radius 3 is 2.62 bits per heavy atom. The summed E-state index contributed by atoms with van der Waals surface area (Å²) in [5, 5.41) is 0. The van der Waals surface area contributed by atoms with Crippen LogP contribution in [0.4, 0.5) is 0 Å². The molecule has 0 bridgehead atoms. The van der Waals surface area contributed by atoms with Crippen LogP contribution in [0.15, 0.2) is 43.0 Å². The standard InChI is InChI=1S/C11H8N4.H2O/c1-2-8(6-12-4-1)11-14-9-3-5-13-7-10(9)15-11;/h1-7H,(H,14,15);1H2. The summed E-state index contributed by atoms with van der Waals surface area (Å²) in [4.78, 5) is 15.7. The average Bonchev–Trinajstić information content (AvgIpc) is 2.74. The fraction of sp³-hybridized carbons (Fsp3) is 0. The second kappa shape index (κ2) is 4.08. The summed E-state index contributed by atoms with van der Waals surface area (Å²) in [5.41, 5.74) is 2.84. The third-order valence-electron chi connectivity index (χ3n) is 2.22. The van der Waals surface area contributed by atoms with E-state index in [9.17, 15) is 0 Å². The Labute approximate surface area is 91.5 Å². The van der Waals surface area contributed by atoms with E-state index >= 15 is 0 Å². The molecule has 3 heterocycles. The van der Waals surface area contributed by atoms with Crippen molar-refractivity contribution in [3.63, 3.8) is 0 Å². The summed E-state index contributed by atoms with van der Waals surface area (Å²) in [7, 11) is 0. The van der Waals surface area contributed by atoms with Gasteiger partial charge < -0.3 is 10.5 Å². The quantitative estimate of drug-likeness (QED) is 0.660. The van der Waals surface area contributed by atoms with Gasteiger partial charge in [-0.05, 0) is 18.2 Å². The molecule has 0 saturated heterocycles. The first kappa shape index (κ1) is 10.3. The molecule has 5 heteroatoms. The predicted molar refractivity (Wildman–Crippen MR) is 60.7 cm³/mol. The van der Waals surface area contributed by atoms with E-state index in [4.69, 9.17) is 0 Å². The van der Waals surface area contributed by atoms with Crippen LogP contribution in [0.1, 0.15) is 0 Å². The van der Waals surface area contributed by atoms with E-state index in [1.165, 1.54) is 0 Å². The van der Waals surface area contributed by atoms with Crippen molar-refractivity contribution in [3.8, 4) is 11.4 Å². The average molecular weight is 214 g/mol. The highest BCUT2D eigenvalue weighted by Gasteiger charge is 2.03. The van der Waals surface area contributed by atoms with Crippen molar-refractivity contribution in [1.29, 1.82) is 0 Å². The van der Waals surface area contributed by atoms with Gasteiger partial charge in [-0.15, -0.1) is 0 Å². The molecule has 0 saturated carbocycles. The van der Waals surface area contributed by atoms with Crippen LogP contribution in [0, 0.1) is 0 Å². The first-order valence-corrected chi connectivity index (χ1v) is 4.63. The monoisotopic (exact) mass is 214 g/mol. The number of H-pyrrole nitrogens is 1. The summed E-state index contributed by atoms with van der Waals surface area (Å²) in [5.74, 6) is 0.825. The van der Waals surface area contributed by atoms with Gasteiger partial charge >= 0.3 is 0 Å². The van der Waals surface area contributed by atoms with Gasteiger partial charge in [0.05, 0.1) is 17.2 Å². The molecule has 0 aromatic carbocycles. The molecule has 0 fully saturated rings. The van der Waals surface area contributed by atoms with Gasteiger partial charge in [-0.1, -0.05) is 0 Å². The molecule has 0 amide bonds. The zero-order valence-electron chi connectivity index (χ0n) is 8.38. The minimum Gasteiger partial charge on any atom is -0.412 e. The van der Waals surface area contributed by atoms with Crippen LogP contribution in [-0.4, -0.2) is 25.4 Å². The van der Waals surface area contributed by atoms with Crippen molar-refractivity contribution >= 4 is 11.0 Å². The number of rotatable bonds is 1.